The molecule has 1 aliphatic rings. The van der Waals surface area contributed by atoms with Crippen LogP contribution in [0.25, 0.3) is 0 Å². The van der Waals surface area contributed by atoms with Crippen LogP contribution in [0.3, 0.4) is 0 Å². The summed E-state index contributed by atoms with van der Waals surface area (Å²) < 4.78 is 5.38. The van der Waals surface area contributed by atoms with Gasteiger partial charge in [0.2, 0.25) is 0 Å². The van der Waals surface area contributed by atoms with Crippen molar-refractivity contribution in [2.45, 2.75) is 33.1 Å². The Morgan fingerprint density at radius 3 is 2.32 bits per heavy atom. The number of rotatable bonds is 4. The zero-order chi connectivity index (χ0) is 16.2. The summed E-state index contributed by atoms with van der Waals surface area (Å²) >= 11 is 0. The van der Waals surface area contributed by atoms with Crippen molar-refractivity contribution in [2.24, 2.45) is 11.1 Å². The third-order valence-electron chi connectivity index (χ3n) is 4.26. The molecule has 0 bridgehead atoms. The Morgan fingerprint density at radius 1 is 1.23 bits per heavy atom. The van der Waals surface area contributed by atoms with Gasteiger partial charge in [0, 0.05) is 25.6 Å². The predicted molar refractivity (Wildman–Crippen MR) is 89.9 cm³/mol. The Kier molecular flexibility index (Phi) is 5.59. The number of oxime groups is 1. The highest BCUT2D eigenvalue weighted by molar-refractivity contribution is 6.01. The van der Waals surface area contributed by atoms with Crippen molar-refractivity contribution in [3.8, 4) is 0 Å². The fourth-order valence-electron chi connectivity index (χ4n) is 2.84. The Bertz CT molecular complexity index is 497. The molecule has 1 aliphatic heterocycles. The number of ether oxygens (including phenoxy) is 1. The van der Waals surface area contributed by atoms with Crippen molar-refractivity contribution in [2.75, 3.05) is 32.8 Å². The lowest BCUT2D eigenvalue weighted by atomic mass is 9.86. The van der Waals surface area contributed by atoms with E-state index in [9.17, 15) is 5.21 Å². The summed E-state index contributed by atoms with van der Waals surface area (Å²) in [6.07, 6.45) is 0. The van der Waals surface area contributed by atoms with Crippen LogP contribution >= 0.6 is 0 Å². The van der Waals surface area contributed by atoms with Gasteiger partial charge in [-0.05, 0) is 16.5 Å². The van der Waals surface area contributed by atoms with Crippen LogP contribution in [-0.4, -0.2) is 48.7 Å². The van der Waals surface area contributed by atoms with Gasteiger partial charge in [0.15, 0.2) is 0 Å². The topological polar surface area (TPSA) is 45.1 Å². The van der Waals surface area contributed by atoms with Crippen LogP contribution in [0.2, 0.25) is 0 Å². The second kappa shape index (κ2) is 7.25. The second-order valence-corrected chi connectivity index (χ2v) is 7.13. The number of nitrogens with zero attached hydrogens (tertiary/aromatic N) is 2. The minimum absolute atomic E-state index is 0.133. The Hall–Kier alpha value is -1.39. The van der Waals surface area contributed by atoms with Gasteiger partial charge < -0.3 is 9.94 Å². The average Bonchev–Trinajstić information content (AvgIpc) is 2.48. The highest BCUT2D eigenvalue weighted by Gasteiger charge is 2.20. The van der Waals surface area contributed by atoms with E-state index in [0.717, 1.165) is 44.1 Å². The Labute approximate surface area is 133 Å². The molecule has 1 saturated heterocycles. The lowest BCUT2D eigenvalue weighted by Gasteiger charge is -2.29. The van der Waals surface area contributed by atoms with Crippen molar-refractivity contribution < 1.29 is 9.94 Å². The molecule has 4 heteroatoms. The highest BCUT2D eigenvalue weighted by atomic mass is 16.5. The van der Waals surface area contributed by atoms with E-state index in [1.54, 1.807) is 0 Å². The molecule has 0 radical (unpaired) electrons. The van der Waals surface area contributed by atoms with Crippen LogP contribution in [0.1, 0.15) is 38.8 Å². The summed E-state index contributed by atoms with van der Waals surface area (Å²) in [6, 6.07) is 8.38. The Balaban J connectivity index is 2.07. The molecule has 122 valence electrons. The number of hydrogen-bond donors (Lipinski definition) is 1. The zero-order valence-electron chi connectivity index (χ0n) is 14.2. The van der Waals surface area contributed by atoms with Crippen LogP contribution in [-0.2, 0) is 10.2 Å². The molecule has 1 unspecified atom stereocenters. The number of benzene rings is 1. The SMILES string of the molecule is CC(CN1CCOCC1)C(=NO)c1ccc(C(C)(C)C)cc1. The van der Waals surface area contributed by atoms with Gasteiger partial charge in [0.05, 0.1) is 18.9 Å². The van der Waals surface area contributed by atoms with Gasteiger partial charge in [-0.15, -0.1) is 0 Å². The molecule has 1 atom stereocenters. The van der Waals surface area contributed by atoms with Crippen molar-refractivity contribution in [1.82, 2.24) is 4.90 Å². The first kappa shape index (κ1) is 17.0. The van der Waals surface area contributed by atoms with E-state index in [-0.39, 0.29) is 11.3 Å². The molecule has 1 fully saturated rings. The van der Waals surface area contributed by atoms with Crippen LogP contribution in [0.4, 0.5) is 0 Å². The molecule has 1 N–H and O–H groups in total. The van der Waals surface area contributed by atoms with Gasteiger partial charge in [-0.3, -0.25) is 4.90 Å². The molecule has 1 aromatic rings. The fraction of sp³-hybridized carbons (Fsp3) is 0.611. The third kappa shape index (κ3) is 4.31. The lowest BCUT2D eigenvalue weighted by molar-refractivity contribution is 0.0351. The first-order valence-electron chi connectivity index (χ1n) is 8.05. The summed E-state index contributed by atoms with van der Waals surface area (Å²) in [5.74, 6) is 0.184. The first-order chi connectivity index (χ1) is 10.4. The van der Waals surface area contributed by atoms with Crippen molar-refractivity contribution in [3.05, 3.63) is 35.4 Å². The summed E-state index contributed by atoms with van der Waals surface area (Å²) in [6.45, 7) is 13.1. The average molecular weight is 304 g/mol. The molecule has 22 heavy (non-hydrogen) atoms. The molecule has 0 saturated carbocycles. The standard InChI is InChI=1S/C18H28N2O2/c1-14(13-20-9-11-22-12-10-20)17(19-21)15-5-7-16(8-6-15)18(2,3)4/h5-8,14,21H,9-13H2,1-4H3. The van der Waals surface area contributed by atoms with E-state index in [4.69, 9.17) is 4.74 Å². The van der Waals surface area contributed by atoms with Gasteiger partial charge in [-0.25, -0.2) is 0 Å². The van der Waals surface area contributed by atoms with Gasteiger partial charge in [0.1, 0.15) is 0 Å². The maximum Gasteiger partial charge on any atom is 0.0908 e. The first-order valence-corrected chi connectivity index (χ1v) is 8.05. The van der Waals surface area contributed by atoms with E-state index >= 15 is 0 Å². The van der Waals surface area contributed by atoms with Crippen molar-refractivity contribution in [3.63, 3.8) is 0 Å². The summed E-state index contributed by atoms with van der Waals surface area (Å²) in [4.78, 5) is 2.36. The molecule has 1 aromatic carbocycles. The smallest absolute Gasteiger partial charge is 0.0908 e. The molecule has 0 spiro atoms. The van der Waals surface area contributed by atoms with E-state index < -0.39 is 0 Å². The molecule has 1 heterocycles. The van der Waals surface area contributed by atoms with Gasteiger partial charge >= 0.3 is 0 Å². The van der Waals surface area contributed by atoms with Gasteiger partial charge in [-0.2, -0.15) is 0 Å². The van der Waals surface area contributed by atoms with Gasteiger partial charge in [-0.1, -0.05) is 57.1 Å². The van der Waals surface area contributed by atoms with Gasteiger partial charge in [0.25, 0.3) is 0 Å². The molecule has 0 amide bonds. The van der Waals surface area contributed by atoms with Crippen molar-refractivity contribution in [1.29, 1.82) is 0 Å². The van der Waals surface area contributed by atoms with E-state index in [1.165, 1.54) is 5.56 Å². The molecule has 0 aromatic heterocycles. The normalized spacial score (nSPS) is 19.2. The zero-order valence-corrected chi connectivity index (χ0v) is 14.2. The minimum Gasteiger partial charge on any atom is -0.411 e. The minimum atomic E-state index is 0.133. The van der Waals surface area contributed by atoms with E-state index in [1.807, 2.05) is 0 Å². The monoisotopic (exact) mass is 304 g/mol. The predicted octanol–water partition coefficient (Wildman–Crippen LogP) is 3.13. The number of morpholine rings is 1. The number of hydrogen-bond acceptors (Lipinski definition) is 4. The summed E-state index contributed by atoms with van der Waals surface area (Å²) in [5, 5.41) is 13.0. The highest BCUT2D eigenvalue weighted by Crippen LogP contribution is 2.23. The van der Waals surface area contributed by atoms with Crippen LogP contribution in [0.5, 0.6) is 0 Å². The fourth-order valence-corrected chi connectivity index (χ4v) is 2.84. The maximum absolute atomic E-state index is 9.45. The lowest BCUT2D eigenvalue weighted by Crippen LogP contribution is -2.40. The molecular weight excluding hydrogens is 276 g/mol. The summed E-state index contributed by atoms with van der Waals surface area (Å²) in [7, 11) is 0. The molecule has 2 rings (SSSR count). The second-order valence-electron chi connectivity index (χ2n) is 7.13. The Morgan fingerprint density at radius 2 is 1.82 bits per heavy atom. The molecule has 4 nitrogen and oxygen atoms in total. The van der Waals surface area contributed by atoms with E-state index in [2.05, 4.69) is 62.0 Å². The molecular formula is C18H28N2O2. The maximum atomic E-state index is 9.45. The van der Waals surface area contributed by atoms with E-state index in [0.29, 0.717) is 0 Å². The summed E-state index contributed by atoms with van der Waals surface area (Å²) in [5.41, 5.74) is 3.17. The largest absolute Gasteiger partial charge is 0.411 e. The van der Waals surface area contributed by atoms with Crippen molar-refractivity contribution >= 4 is 5.71 Å². The quantitative estimate of drug-likeness (QED) is 0.528. The van der Waals surface area contributed by atoms with Crippen LogP contribution in [0.15, 0.2) is 29.4 Å². The molecule has 0 aliphatic carbocycles. The third-order valence-corrected chi connectivity index (χ3v) is 4.26. The van der Waals surface area contributed by atoms with Crippen LogP contribution < -0.4 is 0 Å². The van der Waals surface area contributed by atoms with Crippen LogP contribution in [0, 0.1) is 5.92 Å².